The van der Waals surface area contributed by atoms with Crippen LogP contribution in [0.1, 0.15) is 31.7 Å². The summed E-state index contributed by atoms with van der Waals surface area (Å²) in [4.78, 5) is 44.5. The van der Waals surface area contributed by atoms with E-state index in [4.69, 9.17) is 21.1 Å². The normalized spacial score (nSPS) is 30.2. The molecule has 0 radical (unpaired) electrons. The van der Waals surface area contributed by atoms with Crippen LogP contribution in [0.2, 0.25) is 5.02 Å². The van der Waals surface area contributed by atoms with Gasteiger partial charge in [0.2, 0.25) is 5.91 Å². The zero-order valence-electron chi connectivity index (χ0n) is 21.6. The van der Waals surface area contributed by atoms with Crippen molar-refractivity contribution in [2.75, 3.05) is 24.7 Å². The number of esters is 1. The number of allylic oxidation sites excluding steroid dienone is 1. The summed E-state index contributed by atoms with van der Waals surface area (Å²) in [6, 6.07) is 3.59. The molecule has 1 N–H and O–H groups in total. The number of hydrogen-bond donors (Lipinski definition) is 1. The summed E-state index contributed by atoms with van der Waals surface area (Å²) in [7, 11) is 0. The smallest absolute Gasteiger partial charge is 0.312 e. The van der Waals surface area contributed by atoms with Crippen LogP contribution in [0.15, 0.2) is 43.5 Å². The fraction of sp³-hybridized carbons (Fsp3) is 0.536. The summed E-state index contributed by atoms with van der Waals surface area (Å²) >= 11 is 10.2. The second-order valence-corrected chi connectivity index (χ2v) is 11.8. The first-order valence-electron chi connectivity index (χ1n) is 12.8. The molecule has 3 aliphatic heterocycles. The van der Waals surface area contributed by atoms with Crippen molar-refractivity contribution in [3.8, 4) is 0 Å². The Morgan fingerprint density at radius 2 is 2.13 bits per heavy atom. The fourth-order valence-electron chi connectivity index (χ4n) is 6.21. The number of benzene rings is 1. The number of likely N-dealkylation sites (tertiary alicyclic amines) is 1. The van der Waals surface area contributed by atoms with Crippen LogP contribution in [0, 0.1) is 18.8 Å². The number of alkyl halides is 1. The average Bonchev–Trinajstić information content (AvgIpc) is 3.48. The maximum atomic E-state index is 14.5. The highest BCUT2D eigenvalue weighted by Crippen LogP contribution is 2.60. The number of ether oxygens (including phenoxy) is 2. The monoisotopic (exact) mass is 608 g/mol. The minimum absolute atomic E-state index is 0.145. The first-order chi connectivity index (χ1) is 18.1. The van der Waals surface area contributed by atoms with E-state index in [1.54, 1.807) is 31.2 Å². The van der Waals surface area contributed by atoms with E-state index in [1.807, 2.05) is 13.0 Å². The predicted octanol–water partition coefficient (Wildman–Crippen LogP) is 3.81. The van der Waals surface area contributed by atoms with Crippen LogP contribution in [0.5, 0.6) is 0 Å². The van der Waals surface area contributed by atoms with Crippen molar-refractivity contribution >= 4 is 51.0 Å². The minimum atomic E-state index is -1.27. The lowest BCUT2D eigenvalue weighted by Crippen LogP contribution is -2.59. The molecule has 3 heterocycles. The number of unbranched alkanes of at least 4 members (excludes halogenated alkanes) is 1. The number of aliphatic hydroxyl groups is 1. The highest BCUT2D eigenvalue weighted by molar-refractivity contribution is 9.09. The number of anilines is 1. The summed E-state index contributed by atoms with van der Waals surface area (Å²) in [6.45, 7) is 11.0. The van der Waals surface area contributed by atoms with Crippen molar-refractivity contribution in [3.63, 3.8) is 0 Å². The largest absolute Gasteiger partial charge is 0.465 e. The second kappa shape index (κ2) is 11.5. The number of aryl methyl sites for hydroxylation is 1. The molecule has 10 heteroatoms. The van der Waals surface area contributed by atoms with Crippen molar-refractivity contribution < 1.29 is 29.0 Å². The number of halogens is 2. The molecule has 206 valence electrons. The van der Waals surface area contributed by atoms with Gasteiger partial charge < -0.3 is 24.4 Å². The third-order valence-corrected chi connectivity index (χ3v) is 8.96. The maximum Gasteiger partial charge on any atom is 0.312 e. The Bertz CT molecular complexity index is 1110. The molecule has 0 aliphatic carbocycles. The number of amides is 2. The molecule has 1 aromatic carbocycles. The molecule has 0 aromatic heterocycles. The molecule has 2 amide bonds. The SMILES string of the molecule is C=CCCCOC(=O)[C@H]1[C@H]2C(=O)N([C@H](C)CO)C(C(=O)N(CC=C)c3c(C)cccc3Cl)C23CC(Br)[C@@H]1O3. The first kappa shape index (κ1) is 28.8. The first-order valence-corrected chi connectivity index (χ1v) is 14.1. The third-order valence-electron chi connectivity index (χ3n) is 7.81. The Hall–Kier alpha value is -2.20. The predicted molar refractivity (Wildman–Crippen MR) is 148 cm³/mol. The Balaban J connectivity index is 1.78. The summed E-state index contributed by atoms with van der Waals surface area (Å²) in [5.74, 6) is -3.09. The zero-order chi connectivity index (χ0) is 27.8. The molecule has 0 saturated carbocycles. The number of rotatable bonds is 11. The van der Waals surface area contributed by atoms with Crippen LogP contribution in [-0.4, -0.2) is 76.2 Å². The van der Waals surface area contributed by atoms with Gasteiger partial charge in [-0.1, -0.05) is 51.8 Å². The van der Waals surface area contributed by atoms with Crippen molar-refractivity contribution in [2.24, 2.45) is 11.8 Å². The molecule has 2 bridgehead atoms. The van der Waals surface area contributed by atoms with Crippen LogP contribution in [0.4, 0.5) is 5.69 Å². The van der Waals surface area contributed by atoms with Gasteiger partial charge in [0.15, 0.2) is 0 Å². The standard InChI is InChI=1S/C28H34BrClN2O6/c1-5-7-8-13-37-27(36)20-21-25(34)32(17(4)15-33)24(28(21)14-18(29)23(20)38-28)26(35)31(12-6-2)22-16(3)10-9-11-19(22)30/h5-6,9-11,17-18,20-21,23-24,33H,1-2,7-8,12-15H2,3-4H3/t17-,18?,20+,21+,23+,24?,28?/m1/s1. The van der Waals surface area contributed by atoms with E-state index < -0.39 is 53.4 Å². The van der Waals surface area contributed by atoms with Crippen molar-refractivity contribution in [2.45, 2.75) is 61.7 Å². The van der Waals surface area contributed by atoms with E-state index in [-0.39, 0.29) is 24.6 Å². The summed E-state index contributed by atoms with van der Waals surface area (Å²) in [5, 5.41) is 10.5. The molecule has 3 fully saturated rings. The van der Waals surface area contributed by atoms with Crippen LogP contribution in [-0.2, 0) is 23.9 Å². The van der Waals surface area contributed by atoms with E-state index in [0.29, 0.717) is 30.0 Å². The van der Waals surface area contributed by atoms with Crippen molar-refractivity contribution in [1.82, 2.24) is 4.90 Å². The van der Waals surface area contributed by atoms with E-state index in [2.05, 4.69) is 29.1 Å². The molecule has 1 aromatic rings. The van der Waals surface area contributed by atoms with Gasteiger partial charge >= 0.3 is 5.97 Å². The highest BCUT2D eigenvalue weighted by atomic mass is 79.9. The van der Waals surface area contributed by atoms with Gasteiger partial charge in [-0.2, -0.15) is 0 Å². The fourth-order valence-corrected chi connectivity index (χ4v) is 7.47. The topological polar surface area (TPSA) is 96.4 Å². The van der Waals surface area contributed by atoms with Crippen LogP contribution in [0.3, 0.4) is 0 Å². The third kappa shape index (κ3) is 4.61. The van der Waals surface area contributed by atoms with Gasteiger partial charge in [0.1, 0.15) is 11.6 Å². The summed E-state index contributed by atoms with van der Waals surface area (Å²) < 4.78 is 12.0. The highest BCUT2D eigenvalue weighted by Gasteiger charge is 2.77. The van der Waals surface area contributed by atoms with E-state index >= 15 is 0 Å². The molecular weight excluding hydrogens is 576 g/mol. The summed E-state index contributed by atoms with van der Waals surface area (Å²) in [5.41, 5.74) is 0.0309. The molecule has 4 rings (SSSR count). The van der Waals surface area contributed by atoms with E-state index in [9.17, 15) is 19.5 Å². The number of para-hydroxylation sites is 1. The lowest BCUT2D eigenvalue weighted by Gasteiger charge is -2.39. The van der Waals surface area contributed by atoms with Gasteiger partial charge in [0, 0.05) is 11.4 Å². The lowest BCUT2D eigenvalue weighted by atomic mass is 9.70. The number of carbonyl (C=O) groups excluding carboxylic acids is 3. The van der Waals surface area contributed by atoms with Gasteiger partial charge in [0.25, 0.3) is 5.91 Å². The van der Waals surface area contributed by atoms with Gasteiger partial charge in [0.05, 0.1) is 47.9 Å². The average molecular weight is 610 g/mol. The summed E-state index contributed by atoms with van der Waals surface area (Å²) in [6.07, 6.45) is 4.40. The minimum Gasteiger partial charge on any atom is -0.465 e. The van der Waals surface area contributed by atoms with Crippen LogP contribution < -0.4 is 4.90 Å². The lowest BCUT2D eigenvalue weighted by molar-refractivity contribution is -0.155. The maximum absolute atomic E-state index is 14.5. The second-order valence-electron chi connectivity index (χ2n) is 10.2. The zero-order valence-corrected chi connectivity index (χ0v) is 24.0. The number of hydrogen-bond acceptors (Lipinski definition) is 6. The quantitative estimate of drug-likeness (QED) is 0.178. The molecule has 38 heavy (non-hydrogen) atoms. The molecule has 1 spiro atoms. The Morgan fingerprint density at radius 1 is 1.39 bits per heavy atom. The van der Waals surface area contributed by atoms with Gasteiger partial charge in [-0.15, -0.1) is 13.2 Å². The number of aliphatic hydroxyl groups excluding tert-OH is 1. The number of carbonyl (C=O) groups is 3. The van der Waals surface area contributed by atoms with Crippen LogP contribution >= 0.6 is 27.5 Å². The Labute approximate surface area is 236 Å². The molecule has 8 nitrogen and oxygen atoms in total. The van der Waals surface area contributed by atoms with Gasteiger partial charge in [-0.05, 0) is 44.7 Å². The Morgan fingerprint density at radius 3 is 2.76 bits per heavy atom. The van der Waals surface area contributed by atoms with Gasteiger partial charge in [-0.3, -0.25) is 14.4 Å². The molecule has 3 aliphatic rings. The van der Waals surface area contributed by atoms with Crippen molar-refractivity contribution in [3.05, 3.63) is 54.1 Å². The molecule has 3 saturated heterocycles. The number of nitrogens with zero attached hydrogens (tertiary/aromatic N) is 2. The van der Waals surface area contributed by atoms with E-state index in [1.165, 1.54) is 9.80 Å². The number of fused-ring (bicyclic) bond motifs is 1. The molecule has 3 unspecified atom stereocenters. The molecule has 7 atom stereocenters. The molecular formula is C28H34BrClN2O6. The van der Waals surface area contributed by atoms with Gasteiger partial charge in [-0.25, -0.2) is 0 Å². The van der Waals surface area contributed by atoms with E-state index in [0.717, 1.165) is 5.56 Å². The van der Waals surface area contributed by atoms with Crippen LogP contribution in [0.25, 0.3) is 0 Å². The Kier molecular flexibility index (Phi) is 8.71. The van der Waals surface area contributed by atoms with Crippen molar-refractivity contribution in [1.29, 1.82) is 0 Å².